The second-order valence-electron chi connectivity index (χ2n) is 7.76. The predicted octanol–water partition coefficient (Wildman–Crippen LogP) is 4.70. The van der Waals surface area contributed by atoms with Gasteiger partial charge in [0.15, 0.2) is 11.5 Å². The van der Waals surface area contributed by atoms with E-state index in [0.717, 1.165) is 29.2 Å². The lowest BCUT2D eigenvalue weighted by molar-refractivity contribution is -0.137. The van der Waals surface area contributed by atoms with Crippen LogP contribution in [0.15, 0.2) is 71.8 Å². The fourth-order valence-corrected chi connectivity index (χ4v) is 3.75. The third-order valence-corrected chi connectivity index (χ3v) is 5.42. The summed E-state index contributed by atoms with van der Waals surface area (Å²) in [4.78, 5) is 6.76. The Hall–Kier alpha value is -3.92. The average molecular weight is 466 g/mol. The van der Waals surface area contributed by atoms with Gasteiger partial charge in [-0.3, -0.25) is 5.43 Å². The summed E-state index contributed by atoms with van der Waals surface area (Å²) in [6.45, 7) is 2.61. The van der Waals surface area contributed by atoms with Gasteiger partial charge in [0.25, 0.3) is 0 Å². The van der Waals surface area contributed by atoms with Crippen molar-refractivity contribution in [1.82, 2.24) is 14.6 Å². The van der Waals surface area contributed by atoms with Crippen molar-refractivity contribution in [2.24, 2.45) is 5.10 Å². The highest BCUT2D eigenvalue weighted by atomic mass is 19.4. The summed E-state index contributed by atoms with van der Waals surface area (Å²) in [7, 11) is 0. The summed E-state index contributed by atoms with van der Waals surface area (Å²) in [5.74, 6) is 1.28. The fourth-order valence-electron chi connectivity index (χ4n) is 3.75. The third kappa shape index (κ3) is 4.72. The molecule has 5 rings (SSSR count). The summed E-state index contributed by atoms with van der Waals surface area (Å²) in [6.07, 6.45) is -3.07. The zero-order valence-corrected chi connectivity index (χ0v) is 18.0. The molecule has 0 bridgehead atoms. The Morgan fingerprint density at radius 1 is 0.971 bits per heavy atom. The molecule has 34 heavy (non-hydrogen) atoms. The summed E-state index contributed by atoms with van der Waals surface area (Å²) >= 11 is 0. The highest BCUT2D eigenvalue weighted by Gasteiger charge is 2.30. The van der Waals surface area contributed by atoms with Crippen LogP contribution in [0.25, 0.3) is 16.9 Å². The Labute approximate surface area is 193 Å². The van der Waals surface area contributed by atoms with Crippen LogP contribution < -0.4 is 10.3 Å². The van der Waals surface area contributed by atoms with Crippen LogP contribution in [0.2, 0.25) is 0 Å². The van der Waals surface area contributed by atoms with E-state index in [1.165, 1.54) is 12.3 Å². The molecule has 1 aliphatic rings. The van der Waals surface area contributed by atoms with Gasteiger partial charge in [0.1, 0.15) is 5.82 Å². The fraction of sp³-hybridized carbons (Fsp3) is 0.208. The molecule has 1 N–H and O–H groups in total. The van der Waals surface area contributed by atoms with Crippen LogP contribution in [0.1, 0.15) is 11.1 Å². The first kappa shape index (κ1) is 21.9. The van der Waals surface area contributed by atoms with Crippen molar-refractivity contribution in [2.45, 2.75) is 6.18 Å². The minimum Gasteiger partial charge on any atom is -0.378 e. The quantitative estimate of drug-likeness (QED) is 0.341. The van der Waals surface area contributed by atoms with E-state index in [2.05, 4.69) is 20.4 Å². The van der Waals surface area contributed by atoms with Crippen LogP contribution in [-0.4, -0.2) is 47.1 Å². The topological polar surface area (TPSA) is 67.0 Å². The molecule has 0 atom stereocenters. The molecule has 3 heterocycles. The van der Waals surface area contributed by atoms with Crippen molar-refractivity contribution in [1.29, 1.82) is 0 Å². The van der Waals surface area contributed by atoms with E-state index in [9.17, 15) is 13.2 Å². The first-order valence-electron chi connectivity index (χ1n) is 10.7. The number of anilines is 2. The second-order valence-corrected chi connectivity index (χ2v) is 7.76. The highest BCUT2D eigenvalue weighted by Crippen LogP contribution is 2.29. The van der Waals surface area contributed by atoms with Crippen molar-refractivity contribution in [3.63, 3.8) is 0 Å². The number of alkyl halides is 3. The molecule has 0 spiro atoms. The van der Waals surface area contributed by atoms with Gasteiger partial charge in [-0.05, 0) is 17.7 Å². The SMILES string of the molecule is FC(F)(F)c1cccc(/C=N\Nc2cc(N3CCOCC3)n3nc(-c4ccccc4)cc3n2)c1. The summed E-state index contributed by atoms with van der Waals surface area (Å²) in [5, 5.41) is 8.87. The van der Waals surface area contributed by atoms with Crippen molar-refractivity contribution in [3.05, 3.63) is 77.9 Å². The molecule has 1 aliphatic heterocycles. The molecule has 1 saturated heterocycles. The number of hydrogen-bond donors (Lipinski definition) is 1. The van der Waals surface area contributed by atoms with Gasteiger partial charge >= 0.3 is 6.18 Å². The average Bonchev–Trinajstić information content (AvgIpc) is 3.29. The number of rotatable bonds is 5. The van der Waals surface area contributed by atoms with E-state index < -0.39 is 11.7 Å². The lowest BCUT2D eigenvalue weighted by Gasteiger charge is -2.29. The number of benzene rings is 2. The molecule has 0 radical (unpaired) electrons. The van der Waals surface area contributed by atoms with Gasteiger partial charge < -0.3 is 9.64 Å². The Balaban J connectivity index is 1.47. The lowest BCUT2D eigenvalue weighted by Crippen LogP contribution is -2.37. The van der Waals surface area contributed by atoms with Crippen molar-refractivity contribution in [2.75, 3.05) is 36.6 Å². The predicted molar refractivity (Wildman–Crippen MR) is 124 cm³/mol. The zero-order valence-electron chi connectivity index (χ0n) is 18.0. The molecule has 2 aromatic heterocycles. The molecule has 7 nitrogen and oxygen atoms in total. The smallest absolute Gasteiger partial charge is 0.378 e. The van der Waals surface area contributed by atoms with Gasteiger partial charge in [0, 0.05) is 30.8 Å². The maximum Gasteiger partial charge on any atom is 0.416 e. The van der Waals surface area contributed by atoms with Gasteiger partial charge in [0.2, 0.25) is 0 Å². The summed E-state index contributed by atoms with van der Waals surface area (Å²) in [6, 6.07) is 18.5. The van der Waals surface area contributed by atoms with E-state index in [1.54, 1.807) is 10.6 Å². The maximum absolute atomic E-state index is 13.0. The van der Waals surface area contributed by atoms with Crippen LogP contribution in [0.4, 0.5) is 24.8 Å². The maximum atomic E-state index is 13.0. The Kier molecular flexibility index (Phi) is 5.89. The van der Waals surface area contributed by atoms with Gasteiger partial charge in [-0.15, -0.1) is 0 Å². The van der Waals surface area contributed by atoms with E-state index in [4.69, 9.17) is 9.84 Å². The number of hydrazone groups is 1. The first-order valence-corrected chi connectivity index (χ1v) is 10.7. The van der Waals surface area contributed by atoms with E-state index in [0.29, 0.717) is 43.3 Å². The van der Waals surface area contributed by atoms with Gasteiger partial charge in [-0.2, -0.15) is 27.9 Å². The molecular formula is C24H21F3N6O. The number of aromatic nitrogens is 3. The second kappa shape index (κ2) is 9.14. The first-order chi connectivity index (χ1) is 16.5. The van der Waals surface area contributed by atoms with Crippen LogP contribution in [0, 0.1) is 0 Å². The summed E-state index contributed by atoms with van der Waals surface area (Å²) in [5.41, 5.74) is 4.83. The molecule has 0 amide bonds. The van der Waals surface area contributed by atoms with Crippen LogP contribution in [0.5, 0.6) is 0 Å². The zero-order chi connectivity index (χ0) is 23.5. The van der Waals surface area contributed by atoms with Crippen molar-refractivity contribution < 1.29 is 17.9 Å². The van der Waals surface area contributed by atoms with Gasteiger partial charge in [-0.1, -0.05) is 42.5 Å². The van der Waals surface area contributed by atoms with Crippen molar-refractivity contribution in [3.8, 4) is 11.3 Å². The monoisotopic (exact) mass is 466 g/mol. The van der Waals surface area contributed by atoms with Crippen LogP contribution in [-0.2, 0) is 10.9 Å². The number of hydrogen-bond acceptors (Lipinski definition) is 6. The lowest BCUT2D eigenvalue weighted by atomic mass is 10.1. The molecular weight excluding hydrogens is 445 g/mol. The molecule has 0 saturated carbocycles. The number of nitrogens with one attached hydrogen (secondary N) is 1. The van der Waals surface area contributed by atoms with Crippen LogP contribution in [0.3, 0.4) is 0 Å². The molecule has 0 aliphatic carbocycles. The third-order valence-electron chi connectivity index (χ3n) is 5.42. The number of morpholine rings is 1. The van der Waals surface area contributed by atoms with E-state index >= 15 is 0 Å². The van der Waals surface area contributed by atoms with Crippen molar-refractivity contribution >= 4 is 23.5 Å². The summed E-state index contributed by atoms with van der Waals surface area (Å²) < 4.78 is 46.1. The minimum absolute atomic E-state index is 0.326. The normalized spacial score (nSPS) is 14.7. The molecule has 10 heteroatoms. The highest BCUT2D eigenvalue weighted by molar-refractivity contribution is 5.80. The standard InChI is InChI=1S/C24H21F3N6O/c25-24(26,27)19-8-4-5-17(13-19)16-28-30-21-15-23(32-9-11-34-12-10-32)33-22(29-21)14-20(31-33)18-6-2-1-3-7-18/h1-8,13-16H,9-12H2,(H,29,30)/b28-16-. The molecule has 2 aromatic carbocycles. The van der Waals surface area contributed by atoms with Crippen LogP contribution >= 0.6 is 0 Å². The number of fused-ring (bicyclic) bond motifs is 1. The molecule has 0 unspecified atom stereocenters. The Bertz CT molecular complexity index is 1310. The van der Waals surface area contributed by atoms with Gasteiger partial charge in [0.05, 0.1) is 30.7 Å². The van der Waals surface area contributed by atoms with E-state index in [-0.39, 0.29) is 0 Å². The minimum atomic E-state index is -4.41. The number of ether oxygens (including phenoxy) is 1. The molecule has 4 aromatic rings. The van der Waals surface area contributed by atoms with E-state index in [1.807, 2.05) is 42.5 Å². The Morgan fingerprint density at radius 3 is 2.53 bits per heavy atom. The Morgan fingerprint density at radius 2 is 1.76 bits per heavy atom. The largest absolute Gasteiger partial charge is 0.416 e. The number of halogens is 3. The molecule has 174 valence electrons. The van der Waals surface area contributed by atoms with Gasteiger partial charge in [-0.25, -0.2) is 4.98 Å². The number of nitrogens with zero attached hydrogens (tertiary/aromatic N) is 5. The molecule has 1 fully saturated rings.